The maximum Gasteiger partial charge on any atom is 0.329 e. The number of nitrogens with one attached hydrogen (secondary N) is 3. The van der Waals surface area contributed by atoms with Crippen LogP contribution in [0.2, 0.25) is 5.15 Å². The quantitative estimate of drug-likeness (QED) is 0.158. The van der Waals surface area contributed by atoms with Gasteiger partial charge in [0.15, 0.2) is 0 Å². The summed E-state index contributed by atoms with van der Waals surface area (Å²) in [5, 5.41) is 10.1. The van der Waals surface area contributed by atoms with Crippen LogP contribution in [0.25, 0.3) is 10.9 Å². The number of hydrazone groups is 1. The maximum atomic E-state index is 12.8. The van der Waals surface area contributed by atoms with Crippen LogP contribution >= 0.6 is 11.6 Å². The average molecular weight is 500 g/mol. The summed E-state index contributed by atoms with van der Waals surface area (Å²) in [5.41, 5.74) is 6.43. The molecule has 9 heteroatoms. The Morgan fingerprint density at radius 1 is 0.861 bits per heavy atom. The Labute approximate surface area is 212 Å². The molecule has 0 saturated heterocycles. The molecule has 8 nitrogen and oxygen atoms in total. The number of benzene rings is 3. The number of hydrogen-bond acceptors (Lipinski definition) is 5. The summed E-state index contributed by atoms with van der Waals surface area (Å²) in [7, 11) is 0. The van der Waals surface area contributed by atoms with Crippen LogP contribution in [-0.2, 0) is 9.59 Å². The standard InChI is InChI=1S/C27H22ClN5O3/c1-16-6-5-7-20(12-16)30-25(34)21-8-3-4-9-22(21)32-26(35)27(36)33-29-15-19-14-18-11-10-17(2)13-23(18)31-24(19)28/h3-15H,1-2H3,(H,30,34)(H,32,35)(H,33,36)/b29-15-. The summed E-state index contributed by atoms with van der Waals surface area (Å²) in [4.78, 5) is 41.8. The second-order valence-corrected chi connectivity index (χ2v) is 8.45. The number of rotatable bonds is 5. The molecule has 3 aromatic carbocycles. The SMILES string of the molecule is Cc1cccc(NC(=O)c2ccccc2NC(=O)C(=O)N/N=C\c2cc3ccc(C)cc3nc2Cl)c1. The minimum absolute atomic E-state index is 0.184. The molecule has 36 heavy (non-hydrogen) atoms. The van der Waals surface area contributed by atoms with Crippen LogP contribution in [0.15, 0.2) is 77.9 Å². The Morgan fingerprint density at radius 2 is 1.64 bits per heavy atom. The minimum Gasteiger partial charge on any atom is -0.322 e. The smallest absolute Gasteiger partial charge is 0.322 e. The van der Waals surface area contributed by atoms with Crippen molar-refractivity contribution in [1.29, 1.82) is 0 Å². The van der Waals surface area contributed by atoms with E-state index in [2.05, 4.69) is 26.1 Å². The van der Waals surface area contributed by atoms with Gasteiger partial charge in [0.25, 0.3) is 5.91 Å². The highest BCUT2D eigenvalue weighted by Crippen LogP contribution is 2.21. The van der Waals surface area contributed by atoms with Crippen molar-refractivity contribution < 1.29 is 14.4 Å². The van der Waals surface area contributed by atoms with Crippen molar-refractivity contribution in [3.8, 4) is 0 Å². The molecule has 0 aliphatic heterocycles. The van der Waals surface area contributed by atoms with Gasteiger partial charge in [-0.05, 0) is 61.4 Å². The second kappa shape index (κ2) is 10.8. The van der Waals surface area contributed by atoms with E-state index in [9.17, 15) is 14.4 Å². The number of fused-ring (bicyclic) bond motifs is 1. The molecule has 0 bridgehead atoms. The lowest BCUT2D eigenvalue weighted by atomic mass is 10.1. The molecule has 1 aromatic heterocycles. The summed E-state index contributed by atoms with van der Waals surface area (Å²) < 4.78 is 0. The molecule has 0 unspecified atom stereocenters. The molecule has 0 fully saturated rings. The number of carbonyl (C=O) groups excluding carboxylic acids is 3. The highest BCUT2D eigenvalue weighted by Gasteiger charge is 2.18. The van der Waals surface area contributed by atoms with Crippen LogP contribution in [0, 0.1) is 13.8 Å². The Balaban J connectivity index is 1.41. The zero-order valence-electron chi connectivity index (χ0n) is 19.5. The zero-order valence-corrected chi connectivity index (χ0v) is 20.3. The Hall–Kier alpha value is -4.56. The molecule has 0 aliphatic carbocycles. The lowest BCUT2D eigenvalue weighted by Gasteiger charge is -2.11. The molecule has 180 valence electrons. The molecule has 0 atom stereocenters. The molecular formula is C27H22ClN5O3. The first-order chi connectivity index (χ1) is 17.3. The monoisotopic (exact) mass is 499 g/mol. The highest BCUT2D eigenvalue weighted by atomic mass is 35.5. The largest absolute Gasteiger partial charge is 0.329 e. The number of halogens is 1. The van der Waals surface area contributed by atoms with E-state index in [-0.39, 0.29) is 16.4 Å². The number of carbonyl (C=O) groups is 3. The number of pyridine rings is 1. The zero-order chi connectivity index (χ0) is 25.7. The summed E-state index contributed by atoms with van der Waals surface area (Å²) in [5.74, 6) is -2.43. The molecule has 0 spiro atoms. The number of amides is 3. The Bertz CT molecular complexity index is 1520. The summed E-state index contributed by atoms with van der Waals surface area (Å²) in [6.07, 6.45) is 1.31. The van der Waals surface area contributed by atoms with Gasteiger partial charge in [-0.15, -0.1) is 0 Å². The fourth-order valence-corrected chi connectivity index (χ4v) is 3.66. The van der Waals surface area contributed by atoms with Crippen LogP contribution in [0.5, 0.6) is 0 Å². The van der Waals surface area contributed by atoms with Crippen LogP contribution in [0.4, 0.5) is 11.4 Å². The lowest BCUT2D eigenvalue weighted by Crippen LogP contribution is -2.33. The van der Waals surface area contributed by atoms with Crippen molar-refractivity contribution in [3.63, 3.8) is 0 Å². The number of aryl methyl sites for hydroxylation is 2. The van der Waals surface area contributed by atoms with E-state index >= 15 is 0 Å². The van der Waals surface area contributed by atoms with E-state index in [0.29, 0.717) is 11.3 Å². The summed E-state index contributed by atoms with van der Waals surface area (Å²) in [6.45, 7) is 3.87. The number of nitrogens with zero attached hydrogens (tertiary/aromatic N) is 2. The molecular weight excluding hydrogens is 478 g/mol. The predicted molar refractivity (Wildman–Crippen MR) is 141 cm³/mol. The topological polar surface area (TPSA) is 113 Å². The van der Waals surface area contributed by atoms with Gasteiger partial charge in [0.1, 0.15) is 5.15 Å². The minimum atomic E-state index is -1.01. The van der Waals surface area contributed by atoms with Gasteiger partial charge in [-0.25, -0.2) is 10.4 Å². The predicted octanol–water partition coefficient (Wildman–Crippen LogP) is 4.85. The molecule has 1 heterocycles. The number of aromatic nitrogens is 1. The van der Waals surface area contributed by atoms with Crippen molar-refractivity contribution >= 4 is 57.8 Å². The van der Waals surface area contributed by atoms with Gasteiger partial charge in [-0.3, -0.25) is 14.4 Å². The fraction of sp³-hybridized carbons (Fsp3) is 0.0741. The highest BCUT2D eigenvalue weighted by molar-refractivity contribution is 6.40. The van der Waals surface area contributed by atoms with Gasteiger partial charge in [-0.1, -0.05) is 48.0 Å². The third-order valence-corrected chi connectivity index (χ3v) is 5.53. The first-order valence-electron chi connectivity index (χ1n) is 11.0. The van der Waals surface area contributed by atoms with Gasteiger partial charge < -0.3 is 10.6 Å². The fourth-order valence-electron chi connectivity index (χ4n) is 3.46. The summed E-state index contributed by atoms with van der Waals surface area (Å²) in [6, 6.07) is 21.2. The van der Waals surface area contributed by atoms with Gasteiger partial charge >= 0.3 is 11.8 Å². The van der Waals surface area contributed by atoms with Crippen LogP contribution in [0.3, 0.4) is 0 Å². The number of para-hydroxylation sites is 1. The molecule has 4 rings (SSSR count). The van der Waals surface area contributed by atoms with Crippen LogP contribution in [-0.4, -0.2) is 28.9 Å². The number of anilines is 2. The van der Waals surface area contributed by atoms with E-state index in [4.69, 9.17) is 11.6 Å². The molecule has 3 amide bonds. The first-order valence-corrected chi connectivity index (χ1v) is 11.4. The van der Waals surface area contributed by atoms with Crippen LogP contribution < -0.4 is 16.1 Å². The Kier molecular flexibility index (Phi) is 7.36. The molecule has 4 aromatic rings. The van der Waals surface area contributed by atoms with Crippen molar-refractivity contribution in [2.24, 2.45) is 5.10 Å². The lowest BCUT2D eigenvalue weighted by molar-refractivity contribution is -0.136. The van der Waals surface area contributed by atoms with E-state index < -0.39 is 17.7 Å². The maximum absolute atomic E-state index is 12.8. The number of hydrogen-bond donors (Lipinski definition) is 3. The normalized spacial score (nSPS) is 10.9. The van der Waals surface area contributed by atoms with Crippen LogP contribution in [0.1, 0.15) is 27.0 Å². The molecule has 3 N–H and O–H groups in total. The van der Waals surface area contributed by atoms with Gasteiger partial charge in [0.2, 0.25) is 0 Å². The summed E-state index contributed by atoms with van der Waals surface area (Å²) >= 11 is 6.22. The third kappa shape index (κ3) is 5.92. The van der Waals surface area contributed by atoms with Crippen molar-refractivity contribution in [2.75, 3.05) is 10.6 Å². The Morgan fingerprint density at radius 3 is 2.44 bits per heavy atom. The van der Waals surface area contributed by atoms with Gasteiger partial charge in [0, 0.05) is 16.6 Å². The molecule has 0 radical (unpaired) electrons. The third-order valence-electron chi connectivity index (χ3n) is 5.23. The second-order valence-electron chi connectivity index (χ2n) is 8.09. The van der Waals surface area contributed by atoms with Crippen molar-refractivity contribution in [1.82, 2.24) is 10.4 Å². The van der Waals surface area contributed by atoms with Crippen molar-refractivity contribution in [2.45, 2.75) is 13.8 Å². The molecule has 0 saturated carbocycles. The van der Waals surface area contributed by atoms with E-state index in [1.807, 2.05) is 50.2 Å². The molecule has 0 aliphatic rings. The van der Waals surface area contributed by atoms with Gasteiger partial charge in [-0.2, -0.15) is 5.10 Å². The van der Waals surface area contributed by atoms with Gasteiger partial charge in [0.05, 0.1) is 23.0 Å². The first kappa shape index (κ1) is 24.6. The van der Waals surface area contributed by atoms with E-state index in [1.165, 1.54) is 12.3 Å². The average Bonchev–Trinajstić information content (AvgIpc) is 2.84. The van der Waals surface area contributed by atoms with E-state index in [0.717, 1.165) is 22.0 Å². The van der Waals surface area contributed by atoms with E-state index in [1.54, 1.807) is 30.3 Å². The van der Waals surface area contributed by atoms with Crippen molar-refractivity contribution in [3.05, 3.63) is 100 Å².